The molecule has 1 fully saturated rings. The van der Waals surface area contributed by atoms with E-state index in [9.17, 15) is 0 Å². The first-order valence-corrected chi connectivity index (χ1v) is 6.57. The monoisotopic (exact) mass is 234 g/mol. The van der Waals surface area contributed by atoms with Crippen molar-refractivity contribution in [2.45, 2.75) is 25.3 Å². The van der Waals surface area contributed by atoms with Crippen LogP contribution in [-0.2, 0) is 0 Å². The molecule has 0 unspecified atom stereocenters. The van der Waals surface area contributed by atoms with Crippen LogP contribution < -0.4 is 15.4 Å². The number of hydrogen-bond donors (Lipinski definition) is 2. The summed E-state index contributed by atoms with van der Waals surface area (Å²) in [5.41, 5.74) is 0. The zero-order chi connectivity index (χ0) is 11.8. The van der Waals surface area contributed by atoms with Gasteiger partial charge in [-0.3, -0.25) is 0 Å². The lowest BCUT2D eigenvalue weighted by Gasteiger charge is -2.07. The quantitative estimate of drug-likeness (QED) is 0.639. The Balaban J connectivity index is 1.38. The summed E-state index contributed by atoms with van der Waals surface area (Å²) < 4.78 is 5.61. The van der Waals surface area contributed by atoms with Crippen molar-refractivity contribution < 1.29 is 4.74 Å². The molecule has 0 bridgehead atoms. The molecule has 0 spiro atoms. The van der Waals surface area contributed by atoms with Crippen molar-refractivity contribution in [2.24, 2.45) is 0 Å². The van der Waals surface area contributed by atoms with E-state index in [2.05, 4.69) is 10.6 Å². The van der Waals surface area contributed by atoms with Crippen LogP contribution in [0.2, 0.25) is 0 Å². The van der Waals surface area contributed by atoms with Crippen LogP contribution in [0.3, 0.4) is 0 Å². The van der Waals surface area contributed by atoms with Crippen molar-refractivity contribution >= 4 is 0 Å². The summed E-state index contributed by atoms with van der Waals surface area (Å²) in [5.74, 6) is 0.961. The van der Waals surface area contributed by atoms with Gasteiger partial charge in [0.1, 0.15) is 5.75 Å². The van der Waals surface area contributed by atoms with Gasteiger partial charge in [0, 0.05) is 19.1 Å². The topological polar surface area (TPSA) is 33.3 Å². The van der Waals surface area contributed by atoms with Gasteiger partial charge < -0.3 is 15.4 Å². The zero-order valence-corrected chi connectivity index (χ0v) is 10.3. The highest BCUT2D eigenvalue weighted by atomic mass is 16.5. The molecule has 1 aliphatic rings. The molecule has 17 heavy (non-hydrogen) atoms. The van der Waals surface area contributed by atoms with Crippen molar-refractivity contribution in [1.29, 1.82) is 0 Å². The Labute approximate surface area is 104 Å². The van der Waals surface area contributed by atoms with Crippen molar-refractivity contribution in [1.82, 2.24) is 10.6 Å². The van der Waals surface area contributed by atoms with E-state index in [1.165, 1.54) is 12.8 Å². The molecular weight excluding hydrogens is 212 g/mol. The largest absolute Gasteiger partial charge is 0.494 e. The predicted molar refractivity (Wildman–Crippen MR) is 70.4 cm³/mol. The maximum atomic E-state index is 5.61. The predicted octanol–water partition coefficient (Wildman–Crippen LogP) is 1.80. The third-order valence-electron chi connectivity index (χ3n) is 2.82. The van der Waals surface area contributed by atoms with Crippen LogP contribution in [0.15, 0.2) is 30.3 Å². The van der Waals surface area contributed by atoms with E-state index >= 15 is 0 Å². The maximum absolute atomic E-state index is 5.61. The first-order chi connectivity index (χ1) is 8.45. The van der Waals surface area contributed by atoms with E-state index < -0.39 is 0 Å². The fourth-order valence-corrected chi connectivity index (χ4v) is 1.68. The molecule has 1 aliphatic carbocycles. The van der Waals surface area contributed by atoms with E-state index in [-0.39, 0.29) is 0 Å². The van der Waals surface area contributed by atoms with Gasteiger partial charge in [0.15, 0.2) is 0 Å². The van der Waals surface area contributed by atoms with Gasteiger partial charge >= 0.3 is 0 Å². The fraction of sp³-hybridized carbons (Fsp3) is 0.571. The summed E-state index contributed by atoms with van der Waals surface area (Å²) in [4.78, 5) is 0. The minimum atomic E-state index is 0.785. The highest BCUT2D eigenvalue weighted by Crippen LogP contribution is 2.17. The van der Waals surface area contributed by atoms with Gasteiger partial charge in [0.2, 0.25) is 0 Å². The van der Waals surface area contributed by atoms with Crippen LogP contribution in [0.5, 0.6) is 5.75 Å². The molecule has 3 heteroatoms. The Bertz CT molecular complexity index is 298. The van der Waals surface area contributed by atoms with Gasteiger partial charge in [-0.05, 0) is 37.9 Å². The molecule has 0 heterocycles. The Kier molecular flexibility index (Phi) is 5.33. The second kappa shape index (κ2) is 7.30. The molecule has 2 N–H and O–H groups in total. The van der Waals surface area contributed by atoms with Gasteiger partial charge in [-0.15, -0.1) is 0 Å². The van der Waals surface area contributed by atoms with Gasteiger partial charge in [-0.1, -0.05) is 18.2 Å². The summed E-state index contributed by atoms with van der Waals surface area (Å²) in [5, 5.41) is 6.89. The molecule has 94 valence electrons. The lowest BCUT2D eigenvalue weighted by atomic mass is 10.3. The Morgan fingerprint density at radius 2 is 1.88 bits per heavy atom. The number of para-hydroxylation sites is 1. The molecule has 1 aromatic carbocycles. The number of ether oxygens (including phenoxy) is 1. The number of hydrogen-bond acceptors (Lipinski definition) is 3. The molecule has 2 rings (SSSR count). The maximum Gasteiger partial charge on any atom is 0.119 e. The molecule has 0 aromatic heterocycles. The van der Waals surface area contributed by atoms with Crippen molar-refractivity contribution in [3.05, 3.63) is 30.3 Å². The molecule has 1 saturated carbocycles. The van der Waals surface area contributed by atoms with Crippen LogP contribution in [-0.4, -0.2) is 32.3 Å². The lowest BCUT2D eigenvalue weighted by Crippen LogP contribution is -2.29. The minimum absolute atomic E-state index is 0.785. The first kappa shape index (κ1) is 12.4. The number of nitrogens with one attached hydrogen (secondary N) is 2. The van der Waals surface area contributed by atoms with Gasteiger partial charge in [0.25, 0.3) is 0 Å². The average molecular weight is 234 g/mol. The van der Waals surface area contributed by atoms with E-state index in [0.29, 0.717) is 0 Å². The average Bonchev–Trinajstić information content (AvgIpc) is 3.18. The first-order valence-electron chi connectivity index (χ1n) is 6.57. The van der Waals surface area contributed by atoms with Crippen LogP contribution in [0.4, 0.5) is 0 Å². The third kappa shape index (κ3) is 5.71. The summed E-state index contributed by atoms with van der Waals surface area (Å²) >= 11 is 0. The van der Waals surface area contributed by atoms with Crippen molar-refractivity contribution in [3.63, 3.8) is 0 Å². The minimum Gasteiger partial charge on any atom is -0.494 e. The molecule has 0 amide bonds. The Hall–Kier alpha value is -1.06. The number of rotatable bonds is 9. The summed E-state index contributed by atoms with van der Waals surface area (Å²) in [7, 11) is 0. The molecule has 0 saturated heterocycles. The second-order valence-corrected chi connectivity index (χ2v) is 4.49. The smallest absolute Gasteiger partial charge is 0.119 e. The van der Waals surface area contributed by atoms with Gasteiger partial charge in [0.05, 0.1) is 6.61 Å². The third-order valence-corrected chi connectivity index (χ3v) is 2.82. The van der Waals surface area contributed by atoms with E-state index in [4.69, 9.17) is 4.74 Å². The molecule has 0 atom stereocenters. The molecule has 0 radical (unpaired) electrons. The SMILES string of the molecule is c1ccc(OCCCNCCNC2CC2)cc1. The van der Waals surface area contributed by atoms with E-state index in [1.54, 1.807) is 0 Å². The van der Waals surface area contributed by atoms with Crippen molar-refractivity contribution in [3.8, 4) is 5.75 Å². The summed E-state index contributed by atoms with van der Waals surface area (Å²) in [6.45, 7) is 3.96. The van der Waals surface area contributed by atoms with Crippen LogP contribution in [0, 0.1) is 0 Å². The normalized spacial score (nSPS) is 14.8. The van der Waals surface area contributed by atoms with Gasteiger partial charge in [-0.25, -0.2) is 0 Å². The number of benzene rings is 1. The summed E-state index contributed by atoms with van der Waals surface area (Å²) in [6, 6.07) is 10.8. The van der Waals surface area contributed by atoms with Crippen LogP contribution in [0.25, 0.3) is 0 Å². The van der Waals surface area contributed by atoms with Crippen molar-refractivity contribution in [2.75, 3.05) is 26.2 Å². The second-order valence-electron chi connectivity index (χ2n) is 4.49. The van der Waals surface area contributed by atoms with E-state index in [0.717, 1.165) is 44.5 Å². The lowest BCUT2D eigenvalue weighted by molar-refractivity contribution is 0.308. The van der Waals surface area contributed by atoms with Crippen LogP contribution in [0.1, 0.15) is 19.3 Å². The zero-order valence-electron chi connectivity index (χ0n) is 10.3. The highest BCUT2D eigenvalue weighted by molar-refractivity contribution is 5.20. The molecular formula is C14H22N2O. The van der Waals surface area contributed by atoms with Gasteiger partial charge in [-0.2, -0.15) is 0 Å². The molecule has 3 nitrogen and oxygen atoms in total. The highest BCUT2D eigenvalue weighted by Gasteiger charge is 2.19. The Morgan fingerprint density at radius 3 is 2.65 bits per heavy atom. The van der Waals surface area contributed by atoms with Crippen LogP contribution >= 0.6 is 0 Å². The molecule has 1 aromatic rings. The molecule has 0 aliphatic heterocycles. The fourth-order valence-electron chi connectivity index (χ4n) is 1.68. The standard InChI is InChI=1S/C14H22N2O/c1-2-5-14(6-3-1)17-12-4-9-15-10-11-16-13-7-8-13/h1-3,5-6,13,15-16H,4,7-12H2. The summed E-state index contributed by atoms with van der Waals surface area (Å²) in [6.07, 6.45) is 3.79. The van der Waals surface area contributed by atoms with E-state index in [1.807, 2.05) is 30.3 Å². The Morgan fingerprint density at radius 1 is 1.06 bits per heavy atom.